The van der Waals surface area contributed by atoms with Crippen LogP contribution < -0.4 is 0 Å². The summed E-state index contributed by atoms with van der Waals surface area (Å²) in [5, 5.41) is 4.39. The molecule has 0 atom stereocenters. The molecule has 0 saturated heterocycles. The molecule has 0 fully saturated rings. The molecule has 1 rings (SSSR count). The van der Waals surface area contributed by atoms with E-state index in [2.05, 4.69) is 34.2 Å². The Labute approximate surface area is 122 Å². The van der Waals surface area contributed by atoms with E-state index in [9.17, 15) is 4.79 Å². The van der Waals surface area contributed by atoms with Gasteiger partial charge in [0.05, 0.1) is 16.7 Å². The van der Waals surface area contributed by atoms with E-state index in [1.807, 2.05) is 18.5 Å². The largest absolute Gasteiger partial charge is 0.335 e. The third kappa shape index (κ3) is 4.06. The number of aromatic nitrogens is 2. The molecule has 0 aliphatic carbocycles. The van der Waals surface area contributed by atoms with Crippen LogP contribution in [0.1, 0.15) is 17.8 Å². The zero-order valence-electron chi connectivity index (χ0n) is 11.5. The first kappa shape index (κ1) is 15.7. The van der Waals surface area contributed by atoms with Crippen molar-refractivity contribution in [2.75, 3.05) is 13.1 Å². The standard InChI is InChI=1S/C14H20BrN3O/c1-5-8-17(9-6-2)13(19)7-10-18-12(4)14(15)11(3)16-18/h5-6H,1-2,7-10H2,3-4H3. The highest BCUT2D eigenvalue weighted by Crippen LogP contribution is 2.19. The minimum Gasteiger partial charge on any atom is -0.335 e. The Bertz CT molecular complexity index is 469. The molecule has 0 aliphatic heterocycles. The first-order valence-corrected chi connectivity index (χ1v) is 6.99. The van der Waals surface area contributed by atoms with Crippen LogP contribution in [0.5, 0.6) is 0 Å². The molecular weight excluding hydrogens is 306 g/mol. The predicted octanol–water partition coefficient (Wildman–Crippen LogP) is 2.85. The number of amides is 1. The van der Waals surface area contributed by atoms with Crippen LogP contribution in [0.15, 0.2) is 29.8 Å². The minimum atomic E-state index is 0.0866. The lowest BCUT2D eigenvalue weighted by Crippen LogP contribution is -2.32. The number of carbonyl (C=O) groups is 1. The van der Waals surface area contributed by atoms with Gasteiger partial charge in [-0.1, -0.05) is 12.2 Å². The molecule has 1 aromatic rings. The van der Waals surface area contributed by atoms with Gasteiger partial charge in [0.2, 0.25) is 5.91 Å². The van der Waals surface area contributed by atoms with Crippen LogP contribution in [-0.4, -0.2) is 33.7 Å². The maximum atomic E-state index is 12.1. The topological polar surface area (TPSA) is 38.1 Å². The zero-order chi connectivity index (χ0) is 14.4. The summed E-state index contributed by atoms with van der Waals surface area (Å²) >= 11 is 3.48. The van der Waals surface area contributed by atoms with E-state index in [1.54, 1.807) is 17.1 Å². The van der Waals surface area contributed by atoms with Gasteiger partial charge in [-0.2, -0.15) is 5.10 Å². The van der Waals surface area contributed by atoms with E-state index in [1.165, 1.54) is 0 Å². The van der Waals surface area contributed by atoms with Crippen LogP contribution in [0.4, 0.5) is 0 Å². The molecule has 104 valence electrons. The number of hydrogen-bond donors (Lipinski definition) is 0. The van der Waals surface area contributed by atoms with E-state index in [0.29, 0.717) is 26.1 Å². The van der Waals surface area contributed by atoms with Crippen LogP contribution in [-0.2, 0) is 11.3 Å². The second-order valence-electron chi connectivity index (χ2n) is 4.33. The average molecular weight is 326 g/mol. The second kappa shape index (κ2) is 7.28. The third-order valence-electron chi connectivity index (χ3n) is 2.88. The summed E-state index contributed by atoms with van der Waals surface area (Å²) in [7, 11) is 0. The maximum absolute atomic E-state index is 12.1. The Morgan fingerprint density at radius 1 is 1.37 bits per heavy atom. The Kier molecular flexibility index (Phi) is 6.02. The van der Waals surface area contributed by atoms with E-state index < -0.39 is 0 Å². The molecule has 0 unspecified atom stereocenters. The fourth-order valence-corrected chi connectivity index (χ4v) is 2.13. The van der Waals surface area contributed by atoms with Gasteiger partial charge in [-0.3, -0.25) is 9.48 Å². The summed E-state index contributed by atoms with van der Waals surface area (Å²) in [5.41, 5.74) is 1.99. The van der Waals surface area contributed by atoms with Crippen LogP contribution in [0.25, 0.3) is 0 Å². The highest BCUT2D eigenvalue weighted by Gasteiger charge is 2.13. The van der Waals surface area contributed by atoms with Gasteiger partial charge in [0, 0.05) is 25.2 Å². The molecule has 1 amide bonds. The van der Waals surface area contributed by atoms with Gasteiger partial charge in [-0.15, -0.1) is 13.2 Å². The van der Waals surface area contributed by atoms with Crippen LogP contribution in [0.3, 0.4) is 0 Å². The number of halogens is 1. The van der Waals surface area contributed by atoms with E-state index >= 15 is 0 Å². The second-order valence-corrected chi connectivity index (χ2v) is 5.13. The SMILES string of the molecule is C=CCN(CC=C)C(=O)CCn1nc(C)c(Br)c1C. The molecule has 1 heterocycles. The molecule has 0 N–H and O–H groups in total. The van der Waals surface area contributed by atoms with E-state index in [0.717, 1.165) is 15.9 Å². The number of nitrogens with zero attached hydrogens (tertiary/aromatic N) is 3. The summed E-state index contributed by atoms with van der Waals surface area (Å²) < 4.78 is 2.87. The Hall–Kier alpha value is -1.36. The zero-order valence-corrected chi connectivity index (χ0v) is 13.1. The highest BCUT2D eigenvalue weighted by molar-refractivity contribution is 9.10. The van der Waals surface area contributed by atoms with Gasteiger partial charge < -0.3 is 4.90 Å². The van der Waals surface area contributed by atoms with Crippen molar-refractivity contribution < 1.29 is 4.79 Å². The van der Waals surface area contributed by atoms with Gasteiger partial charge in [0.1, 0.15) is 0 Å². The molecule has 4 nitrogen and oxygen atoms in total. The molecular formula is C14H20BrN3O. The fraction of sp³-hybridized carbons (Fsp3) is 0.429. The molecule has 0 radical (unpaired) electrons. The van der Waals surface area contributed by atoms with E-state index in [4.69, 9.17) is 0 Å². The van der Waals surface area contributed by atoms with Crippen molar-refractivity contribution in [3.63, 3.8) is 0 Å². The van der Waals surface area contributed by atoms with Gasteiger partial charge >= 0.3 is 0 Å². The molecule has 19 heavy (non-hydrogen) atoms. The van der Waals surface area contributed by atoms with Gasteiger partial charge in [0.15, 0.2) is 0 Å². The van der Waals surface area contributed by atoms with Gasteiger partial charge in [-0.25, -0.2) is 0 Å². The monoisotopic (exact) mass is 325 g/mol. The first-order valence-electron chi connectivity index (χ1n) is 6.20. The average Bonchev–Trinajstić information content (AvgIpc) is 2.63. The Morgan fingerprint density at radius 2 is 1.95 bits per heavy atom. The van der Waals surface area contributed by atoms with Crippen molar-refractivity contribution >= 4 is 21.8 Å². The molecule has 0 spiro atoms. The number of hydrogen-bond acceptors (Lipinski definition) is 2. The first-order chi connectivity index (χ1) is 9.01. The van der Waals surface area contributed by atoms with Crippen molar-refractivity contribution in [1.29, 1.82) is 0 Å². The summed E-state index contributed by atoms with van der Waals surface area (Å²) in [4.78, 5) is 13.8. The lowest BCUT2D eigenvalue weighted by Gasteiger charge is -2.19. The summed E-state index contributed by atoms with van der Waals surface area (Å²) in [6.45, 7) is 12.9. The number of rotatable bonds is 7. The fourth-order valence-electron chi connectivity index (χ4n) is 1.84. The quantitative estimate of drug-likeness (QED) is 0.723. The number of aryl methyl sites for hydroxylation is 2. The maximum Gasteiger partial charge on any atom is 0.224 e. The van der Waals surface area contributed by atoms with Crippen molar-refractivity contribution in [2.45, 2.75) is 26.8 Å². The molecule has 1 aromatic heterocycles. The molecule has 0 aliphatic rings. The Balaban J connectivity index is 2.64. The van der Waals surface area contributed by atoms with Crippen LogP contribution >= 0.6 is 15.9 Å². The van der Waals surface area contributed by atoms with Crippen molar-refractivity contribution in [2.24, 2.45) is 0 Å². The van der Waals surface area contributed by atoms with Crippen LogP contribution in [0, 0.1) is 13.8 Å². The van der Waals surface area contributed by atoms with Gasteiger partial charge in [0.25, 0.3) is 0 Å². The highest BCUT2D eigenvalue weighted by atomic mass is 79.9. The van der Waals surface area contributed by atoms with Crippen molar-refractivity contribution in [3.05, 3.63) is 41.2 Å². The molecule has 5 heteroatoms. The lowest BCUT2D eigenvalue weighted by atomic mass is 10.3. The van der Waals surface area contributed by atoms with E-state index in [-0.39, 0.29) is 5.91 Å². The predicted molar refractivity (Wildman–Crippen MR) is 81.0 cm³/mol. The lowest BCUT2D eigenvalue weighted by molar-refractivity contribution is -0.130. The smallest absolute Gasteiger partial charge is 0.224 e. The molecule has 0 saturated carbocycles. The summed E-state index contributed by atoms with van der Waals surface area (Å²) in [6.07, 6.45) is 3.87. The number of carbonyl (C=O) groups excluding carboxylic acids is 1. The summed E-state index contributed by atoms with van der Waals surface area (Å²) in [6, 6.07) is 0. The minimum absolute atomic E-state index is 0.0866. The van der Waals surface area contributed by atoms with Crippen molar-refractivity contribution in [1.82, 2.24) is 14.7 Å². The molecule has 0 aromatic carbocycles. The van der Waals surface area contributed by atoms with Crippen molar-refractivity contribution in [3.8, 4) is 0 Å². The van der Waals surface area contributed by atoms with Crippen LogP contribution in [0.2, 0.25) is 0 Å². The summed E-state index contributed by atoms with van der Waals surface area (Å²) in [5.74, 6) is 0.0866. The third-order valence-corrected chi connectivity index (χ3v) is 4.03. The van der Waals surface area contributed by atoms with Gasteiger partial charge in [-0.05, 0) is 29.8 Å². The molecule has 0 bridgehead atoms. The Morgan fingerprint density at radius 3 is 2.37 bits per heavy atom. The normalized spacial score (nSPS) is 10.3.